The molecular weight excluding hydrogens is 116 g/mol. The maximum Gasteiger partial charge on any atom is 0.111 e. The van der Waals surface area contributed by atoms with Crippen molar-refractivity contribution < 1.29 is 9.47 Å². The van der Waals surface area contributed by atoms with Crippen LogP contribution in [-0.2, 0) is 9.47 Å². The Balaban J connectivity index is 2.82. The molecule has 2 nitrogen and oxygen atoms in total. The Morgan fingerprint density at radius 2 is 2.22 bits per heavy atom. The summed E-state index contributed by atoms with van der Waals surface area (Å²) in [4.78, 5) is 0. The van der Waals surface area contributed by atoms with E-state index in [1.165, 1.54) is 0 Å². The van der Waals surface area contributed by atoms with Crippen molar-refractivity contribution in [2.75, 3.05) is 13.2 Å². The normalized spacial score (nSPS) is 10.4. The largest absolute Gasteiger partial charge is 0.499 e. The Labute approximate surface area is 56.5 Å². The highest BCUT2D eigenvalue weighted by atomic mass is 16.5. The second kappa shape index (κ2) is 7.50. The van der Waals surface area contributed by atoms with Crippen molar-refractivity contribution in [3.05, 3.63) is 19.4 Å². The molecule has 0 aliphatic carbocycles. The first-order valence-electron chi connectivity index (χ1n) is 3.05. The van der Waals surface area contributed by atoms with Crippen LogP contribution in [0.2, 0.25) is 0 Å². The highest BCUT2D eigenvalue weighted by molar-refractivity contribution is 4.70. The summed E-state index contributed by atoms with van der Waals surface area (Å²) in [5.41, 5.74) is 0. The van der Waals surface area contributed by atoms with Crippen molar-refractivity contribution >= 4 is 0 Å². The van der Waals surface area contributed by atoms with Gasteiger partial charge >= 0.3 is 0 Å². The Morgan fingerprint density at radius 1 is 1.44 bits per heavy atom. The van der Waals surface area contributed by atoms with E-state index < -0.39 is 0 Å². The third kappa shape index (κ3) is 7.50. The predicted octanol–water partition coefficient (Wildman–Crippen LogP) is 1.73. The van der Waals surface area contributed by atoms with Crippen LogP contribution in [0.25, 0.3) is 0 Å². The Hall–Kier alpha value is -0.500. The summed E-state index contributed by atoms with van der Waals surface area (Å²) in [6.07, 6.45) is 4.63. The lowest BCUT2D eigenvalue weighted by atomic mass is 10.5. The molecule has 0 atom stereocenters. The van der Waals surface area contributed by atoms with Crippen LogP contribution in [0.1, 0.15) is 13.3 Å². The van der Waals surface area contributed by atoms with Crippen molar-refractivity contribution in [1.82, 2.24) is 0 Å². The van der Waals surface area contributed by atoms with Gasteiger partial charge in [0, 0.05) is 0 Å². The molecule has 0 aliphatic heterocycles. The fourth-order valence-electron chi connectivity index (χ4n) is 0.339. The smallest absolute Gasteiger partial charge is 0.111 e. The molecule has 0 saturated carbocycles. The molecule has 53 valence electrons. The summed E-state index contributed by atoms with van der Waals surface area (Å²) in [6.45, 7) is 3.19. The van der Waals surface area contributed by atoms with Crippen LogP contribution in [0.3, 0.4) is 0 Å². The maximum absolute atomic E-state index is 4.97. The molecular formula is C7H13O2. The number of allylic oxidation sites excluding steroid dienone is 1. The summed E-state index contributed by atoms with van der Waals surface area (Å²) < 4.78 is 9.48. The van der Waals surface area contributed by atoms with E-state index in [-0.39, 0.29) is 0 Å². The Kier molecular flexibility index (Phi) is 7.08. The molecule has 0 aliphatic rings. The van der Waals surface area contributed by atoms with Gasteiger partial charge < -0.3 is 9.47 Å². The van der Waals surface area contributed by atoms with Crippen LogP contribution < -0.4 is 0 Å². The minimum absolute atomic E-state index is 0.550. The van der Waals surface area contributed by atoms with Crippen LogP contribution >= 0.6 is 0 Å². The molecule has 0 fully saturated rings. The first-order valence-corrected chi connectivity index (χ1v) is 3.05. The molecule has 0 bridgehead atoms. The van der Waals surface area contributed by atoms with E-state index in [1.807, 2.05) is 6.08 Å². The average Bonchev–Trinajstić information content (AvgIpc) is 1.89. The molecule has 0 aromatic rings. The van der Waals surface area contributed by atoms with Crippen molar-refractivity contribution in [3.63, 3.8) is 0 Å². The van der Waals surface area contributed by atoms with Gasteiger partial charge in [-0.05, 0) is 6.42 Å². The van der Waals surface area contributed by atoms with Gasteiger partial charge in [0.15, 0.2) is 0 Å². The van der Waals surface area contributed by atoms with E-state index in [9.17, 15) is 0 Å². The summed E-state index contributed by atoms with van der Waals surface area (Å²) in [6, 6.07) is 0. The summed E-state index contributed by atoms with van der Waals surface area (Å²) >= 11 is 0. The van der Waals surface area contributed by atoms with E-state index in [0.29, 0.717) is 13.2 Å². The first kappa shape index (κ1) is 8.50. The molecule has 0 unspecified atom stereocenters. The fraction of sp³-hybridized carbons (Fsp3) is 0.571. The van der Waals surface area contributed by atoms with E-state index in [0.717, 1.165) is 6.42 Å². The molecule has 0 heterocycles. The van der Waals surface area contributed by atoms with Crippen LogP contribution in [0, 0.1) is 7.11 Å². The molecule has 0 spiro atoms. The summed E-state index contributed by atoms with van der Waals surface area (Å²) in [5, 5.41) is 0. The maximum atomic E-state index is 4.97. The van der Waals surface area contributed by atoms with E-state index >= 15 is 0 Å². The third-order valence-electron chi connectivity index (χ3n) is 0.774. The number of ether oxygens (including phenoxy) is 2. The minimum atomic E-state index is 0.550. The highest BCUT2D eigenvalue weighted by Gasteiger charge is 1.77. The van der Waals surface area contributed by atoms with Crippen LogP contribution in [0.4, 0.5) is 0 Å². The second-order valence-electron chi connectivity index (χ2n) is 1.56. The quantitative estimate of drug-likeness (QED) is 0.416. The second-order valence-corrected chi connectivity index (χ2v) is 1.56. The van der Waals surface area contributed by atoms with Gasteiger partial charge in [0.2, 0.25) is 0 Å². The molecule has 1 radical (unpaired) electrons. The monoisotopic (exact) mass is 129 g/mol. The molecule has 0 aromatic carbocycles. The summed E-state index contributed by atoms with van der Waals surface area (Å²) in [5.74, 6) is 0. The summed E-state index contributed by atoms with van der Waals surface area (Å²) in [7, 11) is 3.20. The van der Waals surface area contributed by atoms with Gasteiger partial charge in [-0.3, -0.25) is 0 Å². The number of rotatable bonds is 5. The Bertz CT molecular complexity index is 69.3. The molecule has 0 aromatic heterocycles. The third-order valence-corrected chi connectivity index (χ3v) is 0.774. The molecule has 0 rings (SSSR count). The van der Waals surface area contributed by atoms with Gasteiger partial charge in [-0.25, -0.2) is 0 Å². The molecule has 0 saturated heterocycles. The zero-order chi connectivity index (χ0) is 6.95. The van der Waals surface area contributed by atoms with Crippen LogP contribution in [0.5, 0.6) is 0 Å². The van der Waals surface area contributed by atoms with Gasteiger partial charge in [-0.15, -0.1) is 0 Å². The predicted molar refractivity (Wildman–Crippen MR) is 36.7 cm³/mol. The minimum Gasteiger partial charge on any atom is -0.499 e. The van der Waals surface area contributed by atoms with Gasteiger partial charge in [-0.2, -0.15) is 0 Å². The zero-order valence-corrected chi connectivity index (χ0v) is 5.80. The molecule has 0 amide bonds. The van der Waals surface area contributed by atoms with Gasteiger partial charge in [-0.1, -0.05) is 13.0 Å². The first-order chi connectivity index (χ1) is 4.41. The molecule has 9 heavy (non-hydrogen) atoms. The average molecular weight is 129 g/mol. The molecule has 2 heteroatoms. The number of hydrogen-bond donors (Lipinski definition) is 0. The van der Waals surface area contributed by atoms with E-state index in [2.05, 4.69) is 18.8 Å². The topological polar surface area (TPSA) is 18.5 Å². The SMILES string of the molecule is [CH2]OCCOC=CCC. The van der Waals surface area contributed by atoms with Crippen molar-refractivity contribution in [2.24, 2.45) is 0 Å². The lowest BCUT2D eigenvalue weighted by Crippen LogP contribution is -1.95. The lowest BCUT2D eigenvalue weighted by Gasteiger charge is -1.96. The van der Waals surface area contributed by atoms with Crippen LogP contribution in [0.15, 0.2) is 12.3 Å². The highest BCUT2D eigenvalue weighted by Crippen LogP contribution is 1.81. The standard InChI is InChI=1S/C7H13O2/c1-3-4-5-9-7-6-8-2/h4-5H,2-3,6-7H2,1H3. The van der Waals surface area contributed by atoms with Gasteiger partial charge in [0.1, 0.15) is 6.61 Å². The number of hydrogen-bond acceptors (Lipinski definition) is 2. The van der Waals surface area contributed by atoms with E-state index in [1.54, 1.807) is 6.26 Å². The Morgan fingerprint density at radius 3 is 2.78 bits per heavy atom. The molecule has 0 N–H and O–H groups in total. The van der Waals surface area contributed by atoms with Gasteiger partial charge in [0.05, 0.1) is 20.0 Å². The van der Waals surface area contributed by atoms with Crippen molar-refractivity contribution in [2.45, 2.75) is 13.3 Å². The fourth-order valence-corrected chi connectivity index (χ4v) is 0.339. The van der Waals surface area contributed by atoms with Crippen molar-refractivity contribution in [1.29, 1.82) is 0 Å². The zero-order valence-electron chi connectivity index (χ0n) is 5.80. The van der Waals surface area contributed by atoms with Gasteiger partial charge in [0.25, 0.3) is 0 Å². The van der Waals surface area contributed by atoms with Crippen molar-refractivity contribution in [3.8, 4) is 0 Å². The van der Waals surface area contributed by atoms with E-state index in [4.69, 9.17) is 4.74 Å². The lowest BCUT2D eigenvalue weighted by molar-refractivity contribution is 0.146. The van der Waals surface area contributed by atoms with Crippen LogP contribution in [-0.4, -0.2) is 13.2 Å².